The number of anilines is 1. The van der Waals surface area contributed by atoms with Crippen LogP contribution in [0.15, 0.2) is 48.5 Å². The van der Waals surface area contributed by atoms with Gasteiger partial charge in [0.1, 0.15) is 5.82 Å². The lowest BCUT2D eigenvalue weighted by molar-refractivity contribution is 0.102. The first-order valence-corrected chi connectivity index (χ1v) is 9.36. The first-order valence-electron chi connectivity index (χ1n) is 9.36. The number of aryl methyl sites for hydroxylation is 3. The maximum atomic E-state index is 13.3. The molecule has 0 fully saturated rings. The van der Waals surface area contributed by atoms with Crippen LogP contribution in [0.25, 0.3) is 16.8 Å². The molecule has 2 aromatic carbocycles. The molecule has 0 bridgehead atoms. The molecule has 0 radical (unpaired) electrons. The second-order valence-electron chi connectivity index (χ2n) is 6.88. The Labute approximate surface area is 167 Å². The number of nitrogens with one attached hydrogen (secondary N) is 1. The van der Waals surface area contributed by atoms with Crippen LogP contribution in [-0.4, -0.2) is 25.7 Å². The van der Waals surface area contributed by atoms with Crippen molar-refractivity contribution in [2.45, 2.75) is 27.2 Å². The Hall–Kier alpha value is -3.61. The summed E-state index contributed by atoms with van der Waals surface area (Å²) in [4.78, 5) is 12.8. The summed E-state index contributed by atoms with van der Waals surface area (Å²) in [6, 6.07) is 13.7. The van der Waals surface area contributed by atoms with E-state index in [-0.39, 0.29) is 17.4 Å². The molecule has 0 aliphatic rings. The zero-order valence-electron chi connectivity index (χ0n) is 16.4. The number of halogens is 1. The van der Waals surface area contributed by atoms with E-state index in [1.165, 1.54) is 12.1 Å². The van der Waals surface area contributed by atoms with Crippen molar-refractivity contribution in [1.29, 1.82) is 0 Å². The summed E-state index contributed by atoms with van der Waals surface area (Å²) >= 11 is 0. The number of fused-ring (bicyclic) bond motifs is 1. The highest BCUT2D eigenvalue weighted by molar-refractivity contribution is 6.03. The van der Waals surface area contributed by atoms with E-state index in [0.717, 1.165) is 22.4 Å². The summed E-state index contributed by atoms with van der Waals surface area (Å²) in [5, 5.41) is 16.0. The van der Waals surface area contributed by atoms with E-state index < -0.39 is 0 Å². The number of amides is 1. The van der Waals surface area contributed by atoms with Crippen molar-refractivity contribution in [3.8, 4) is 11.1 Å². The lowest BCUT2D eigenvalue weighted by Crippen LogP contribution is -2.18. The standard InChI is InChI=1S/C22H20FN5O/c1-4-18-19(15-8-10-16(23)11-9-15)21-26-25-20(14(3)28(21)27-18)22(29)24-17-7-5-6-13(2)12-17/h5-12H,4H2,1-3H3,(H,24,29). The minimum Gasteiger partial charge on any atom is -0.321 e. The van der Waals surface area contributed by atoms with Crippen LogP contribution in [0.4, 0.5) is 10.1 Å². The molecule has 4 aromatic rings. The van der Waals surface area contributed by atoms with E-state index in [1.807, 2.05) is 38.1 Å². The van der Waals surface area contributed by atoms with E-state index in [9.17, 15) is 9.18 Å². The average molecular weight is 389 g/mol. The number of hydrogen-bond acceptors (Lipinski definition) is 4. The summed E-state index contributed by atoms with van der Waals surface area (Å²) in [6.45, 7) is 5.73. The molecule has 1 N–H and O–H groups in total. The normalized spacial score (nSPS) is 11.0. The minimum absolute atomic E-state index is 0.204. The first kappa shape index (κ1) is 18.7. The van der Waals surface area contributed by atoms with Crippen molar-refractivity contribution in [1.82, 2.24) is 19.8 Å². The number of carbonyl (C=O) groups excluding carboxylic acids is 1. The van der Waals surface area contributed by atoms with E-state index in [2.05, 4.69) is 20.6 Å². The Morgan fingerprint density at radius 2 is 1.86 bits per heavy atom. The molecule has 7 heteroatoms. The zero-order valence-corrected chi connectivity index (χ0v) is 16.4. The van der Waals surface area contributed by atoms with Crippen LogP contribution in [-0.2, 0) is 6.42 Å². The molecule has 4 rings (SSSR count). The molecular formula is C22H20FN5O. The van der Waals surface area contributed by atoms with Crippen molar-refractivity contribution < 1.29 is 9.18 Å². The van der Waals surface area contributed by atoms with Gasteiger partial charge in [-0.3, -0.25) is 4.79 Å². The minimum atomic E-state index is -0.348. The van der Waals surface area contributed by atoms with E-state index in [0.29, 0.717) is 23.4 Å². The van der Waals surface area contributed by atoms with Crippen LogP contribution in [0.5, 0.6) is 0 Å². The molecule has 0 aliphatic carbocycles. The summed E-state index contributed by atoms with van der Waals surface area (Å²) < 4.78 is 15.0. The summed E-state index contributed by atoms with van der Waals surface area (Å²) in [5.41, 5.74) is 5.49. The fourth-order valence-electron chi connectivity index (χ4n) is 3.33. The smallest absolute Gasteiger partial charge is 0.278 e. The largest absolute Gasteiger partial charge is 0.321 e. The summed E-state index contributed by atoms with van der Waals surface area (Å²) in [6.07, 6.45) is 0.667. The molecule has 0 atom stereocenters. The molecule has 6 nitrogen and oxygen atoms in total. The number of rotatable bonds is 4. The molecule has 0 unspecified atom stereocenters. The highest BCUT2D eigenvalue weighted by Crippen LogP contribution is 2.29. The number of aromatic nitrogens is 4. The SMILES string of the molecule is CCc1nn2c(C)c(C(=O)Nc3cccc(C)c3)nnc2c1-c1ccc(F)cc1. The molecule has 0 saturated heterocycles. The van der Waals surface area contributed by atoms with Gasteiger partial charge >= 0.3 is 0 Å². The number of hydrogen-bond donors (Lipinski definition) is 1. The maximum Gasteiger partial charge on any atom is 0.278 e. The predicted octanol–water partition coefficient (Wildman–Crippen LogP) is 4.36. The summed E-state index contributed by atoms with van der Waals surface area (Å²) in [7, 11) is 0. The third-order valence-electron chi connectivity index (χ3n) is 4.80. The monoisotopic (exact) mass is 389 g/mol. The Morgan fingerprint density at radius 3 is 2.55 bits per heavy atom. The van der Waals surface area contributed by atoms with Gasteiger partial charge in [0.15, 0.2) is 11.3 Å². The van der Waals surface area contributed by atoms with Crippen LogP contribution in [0, 0.1) is 19.7 Å². The molecule has 0 aliphatic heterocycles. The molecule has 29 heavy (non-hydrogen) atoms. The van der Waals surface area contributed by atoms with Gasteiger partial charge in [-0.25, -0.2) is 8.91 Å². The topological polar surface area (TPSA) is 72.2 Å². The van der Waals surface area contributed by atoms with Crippen LogP contribution in [0.2, 0.25) is 0 Å². The van der Waals surface area contributed by atoms with Gasteiger partial charge in [-0.2, -0.15) is 5.10 Å². The average Bonchev–Trinajstić information content (AvgIpc) is 3.08. The van der Waals surface area contributed by atoms with E-state index in [1.54, 1.807) is 23.6 Å². The third-order valence-corrected chi connectivity index (χ3v) is 4.80. The lowest BCUT2D eigenvalue weighted by Gasteiger charge is -2.08. The van der Waals surface area contributed by atoms with Crippen molar-refractivity contribution in [2.24, 2.45) is 0 Å². The van der Waals surface area contributed by atoms with Gasteiger partial charge in [-0.1, -0.05) is 31.2 Å². The number of carbonyl (C=O) groups is 1. The van der Waals surface area contributed by atoms with Crippen molar-refractivity contribution in [3.05, 3.63) is 77.0 Å². The Balaban J connectivity index is 1.78. The second kappa shape index (κ2) is 7.43. The van der Waals surface area contributed by atoms with Crippen molar-refractivity contribution in [2.75, 3.05) is 5.32 Å². The van der Waals surface area contributed by atoms with Crippen LogP contribution in [0.1, 0.15) is 34.4 Å². The highest BCUT2D eigenvalue weighted by Gasteiger charge is 2.21. The van der Waals surface area contributed by atoms with Gasteiger partial charge in [0.2, 0.25) is 0 Å². The fraction of sp³-hybridized carbons (Fsp3) is 0.182. The van der Waals surface area contributed by atoms with Crippen LogP contribution >= 0.6 is 0 Å². The lowest BCUT2D eigenvalue weighted by atomic mass is 10.0. The molecular weight excluding hydrogens is 369 g/mol. The maximum absolute atomic E-state index is 13.3. The van der Waals surface area contributed by atoms with Crippen molar-refractivity contribution in [3.63, 3.8) is 0 Å². The quantitative estimate of drug-likeness (QED) is 0.563. The van der Waals surface area contributed by atoms with Crippen LogP contribution < -0.4 is 5.32 Å². The van der Waals surface area contributed by atoms with Gasteiger partial charge in [0.25, 0.3) is 5.91 Å². The number of nitrogens with zero attached hydrogens (tertiary/aromatic N) is 4. The summed E-state index contributed by atoms with van der Waals surface area (Å²) in [5.74, 6) is -0.653. The van der Waals surface area contributed by atoms with Gasteiger partial charge in [-0.15, -0.1) is 10.2 Å². The molecule has 2 heterocycles. The first-order chi connectivity index (χ1) is 14.0. The molecule has 146 valence electrons. The molecule has 0 saturated carbocycles. The van der Waals surface area contributed by atoms with E-state index >= 15 is 0 Å². The predicted molar refractivity (Wildman–Crippen MR) is 109 cm³/mol. The van der Waals surface area contributed by atoms with Crippen molar-refractivity contribution >= 4 is 17.2 Å². The van der Waals surface area contributed by atoms with Gasteiger partial charge in [0, 0.05) is 5.69 Å². The third kappa shape index (κ3) is 3.47. The molecule has 2 aromatic heterocycles. The Morgan fingerprint density at radius 1 is 1.10 bits per heavy atom. The molecule has 1 amide bonds. The van der Waals surface area contributed by atoms with Crippen LogP contribution in [0.3, 0.4) is 0 Å². The fourth-order valence-corrected chi connectivity index (χ4v) is 3.33. The number of benzene rings is 2. The molecule has 0 spiro atoms. The Kier molecular flexibility index (Phi) is 4.80. The Bertz CT molecular complexity index is 1210. The van der Waals surface area contributed by atoms with Gasteiger partial charge in [-0.05, 0) is 55.7 Å². The zero-order chi connectivity index (χ0) is 20.5. The second-order valence-corrected chi connectivity index (χ2v) is 6.88. The van der Waals surface area contributed by atoms with Gasteiger partial charge < -0.3 is 5.32 Å². The van der Waals surface area contributed by atoms with E-state index in [4.69, 9.17) is 0 Å². The highest BCUT2D eigenvalue weighted by atomic mass is 19.1. The van der Waals surface area contributed by atoms with Gasteiger partial charge in [0.05, 0.1) is 17.0 Å².